The summed E-state index contributed by atoms with van der Waals surface area (Å²) in [7, 11) is -2.29. The van der Waals surface area contributed by atoms with Crippen molar-refractivity contribution in [1.82, 2.24) is 14.4 Å². The smallest absolute Gasteiger partial charge is 0.262 e. The van der Waals surface area contributed by atoms with Crippen molar-refractivity contribution < 1.29 is 31.9 Å². The van der Waals surface area contributed by atoms with Gasteiger partial charge in [0.05, 0.1) is 30.9 Å². The van der Waals surface area contributed by atoms with Gasteiger partial charge >= 0.3 is 0 Å². The van der Waals surface area contributed by atoms with Crippen LogP contribution in [0, 0.1) is 6.92 Å². The van der Waals surface area contributed by atoms with Gasteiger partial charge in [0, 0.05) is 25.6 Å². The van der Waals surface area contributed by atoms with Gasteiger partial charge in [0.25, 0.3) is 5.91 Å². The lowest BCUT2D eigenvalue weighted by molar-refractivity contribution is -0.118. The zero-order valence-electron chi connectivity index (χ0n) is 18.7. The van der Waals surface area contributed by atoms with Crippen LogP contribution in [0.2, 0.25) is 0 Å². The van der Waals surface area contributed by atoms with Gasteiger partial charge in [0.1, 0.15) is 11.5 Å². The highest BCUT2D eigenvalue weighted by atomic mass is 32.2. The Morgan fingerprint density at radius 2 is 1.88 bits per heavy atom. The van der Waals surface area contributed by atoms with Gasteiger partial charge in [-0.05, 0) is 42.5 Å². The van der Waals surface area contributed by atoms with E-state index in [0.29, 0.717) is 36.4 Å². The standard InChI is InChI=1S/C22H24N4O7S/c1-15-23-22(25-33-15)16-3-5-17(6-4-16)32-14-21(27)24-19-13-18(7-8-20(19)30-2)34(28,29)26-9-11-31-12-10-26/h3-8,13H,9-12,14H2,1-2H3,(H,24,27). The summed E-state index contributed by atoms with van der Waals surface area (Å²) in [6.45, 7) is 2.64. The molecule has 2 aromatic carbocycles. The van der Waals surface area contributed by atoms with Gasteiger partial charge in [-0.2, -0.15) is 9.29 Å². The number of nitrogens with one attached hydrogen (secondary N) is 1. The lowest BCUT2D eigenvalue weighted by Crippen LogP contribution is -2.40. The molecule has 34 heavy (non-hydrogen) atoms. The largest absolute Gasteiger partial charge is 0.495 e. The first kappa shape index (κ1) is 23.7. The van der Waals surface area contributed by atoms with Crippen LogP contribution in [0.3, 0.4) is 0 Å². The normalized spacial score (nSPS) is 14.5. The minimum atomic E-state index is -3.73. The second-order valence-corrected chi connectivity index (χ2v) is 9.31. The number of carbonyl (C=O) groups is 1. The Labute approximate surface area is 196 Å². The summed E-state index contributed by atoms with van der Waals surface area (Å²) in [6, 6.07) is 11.2. The van der Waals surface area contributed by atoms with E-state index in [0.717, 1.165) is 5.56 Å². The van der Waals surface area contributed by atoms with E-state index < -0.39 is 15.9 Å². The summed E-state index contributed by atoms with van der Waals surface area (Å²) >= 11 is 0. The molecule has 3 aromatic rings. The minimum absolute atomic E-state index is 0.0544. The van der Waals surface area contributed by atoms with E-state index in [9.17, 15) is 13.2 Å². The number of aromatic nitrogens is 2. The molecule has 180 valence electrons. The van der Waals surface area contributed by atoms with Crippen LogP contribution in [0.1, 0.15) is 5.89 Å². The molecule has 0 aliphatic carbocycles. The zero-order valence-corrected chi connectivity index (χ0v) is 19.5. The van der Waals surface area contributed by atoms with Crippen LogP contribution in [-0.2, 0) is 19.6 Å². The molecule has 1 N–H and O–H groups in total. The second kappa shape index (κ2) is 10.2. The van der Waals surface area contributed by atoms with E-state index >= 15 is 0 Å². The number of anilines is 1. The maximum atomic E-state index is 12.9. The third-order valence-corrected chi connectivity index (χ3v) is 6.96. The van der Waals surface area contributed by atoms with Crippen LogP contribution in [0.5, 0.6) is 11.5 Å². The molecule has 1 aromatic heterocycles. The number of methoxy groups -OCH3 is 1. The molecule has 0 bridgehead atoms. The van der Waals surface area contributed by atoms with Crippen molar-refractivity contribution in [3.8, 4) is 22.9 Å². The first-order chi connectivity index (χ1) is 16.4. The van der Waals surface area contributed by atoms with Crippen LogP contribution in [-0.4, -0.2) is 68.8 Å². The number of benzene rings is 2. The predicted molar refractivity (Wildman–Crippen MR) is 121 cm³/mol. The van der Waals surface area contributed by atoms with Crippen LogP contribution >= 0.6 is 0 Å². The summed E-state index contributed by atoms with van der Waals surface area (Å²) in [6.07, 6.45) is 0. The van der Waals surface area contributed by atoms with Crippen molar-refractivity contribution in [3.63, 3.8) is 0 Å². The first-order valence-electron chi connectivity index (χ1n) is 10.5. The van der Waals surface area contributed by atoms with Crippen molar-refractivity contribution in [2.24, 2.45) is 0 Å². The number of carbonyl (C=O) groups excluding carboxylic acids is 1. The molecular weight excluding hydrogens is 464 g/mol. The molecule has 0 saturated carbocycles. The summed E-state index contributed by atoms with van der Waals surface area (Å²) in [4.78, 5) is 16.7. The lowest BCUT2D eigenvalue weighted by Gasteiger charge is -2.26. The SMILES string of the molecule is COc1ccc(S(=O)(=O)N2CCOCC2)cc1NC(=O)COc1ccc(-c2noc(C)n2)cc1. The number of sulfonamides is 1. The van der Waals surface area contributed by atoms with E-state index in [1.54, 1.807) is 31.2 Å². The third kappa shape index (κ3) is 5.35. The zero-order chi connectivity index (χ0) is 24.1. The van der Waals surface area contributed by atoms with Crippen LogP contribution in [0.4, 0.5) is 5.69 Å². The molecule has 1 saturated heterocycles. The van der Waals surface area contributed by atoms with Crippen molar-refractivity contribution in [2.45, 2.75) is 11.8 Å². The number of aryl methyl sites for hydroxylation is 1. The average molecular weight is 489 g/mol. The Hall–Kier alpha value is -3.48. The Kier molecular flexibility index (Phi) is 7.10. The summed E-state index contributed by atoms with van der Waals surface area (Å²) in [5.74, 6) is 1.24. The molecule has 1 amide bonds. The van der Waals surface area contributed by atoms with Gasteiger partial charge in [0.2, 0.25) is 21.7 Å². The van der Waals surface area contributed by atoms with Crippen molar-refractivity contribution in [1.29, 1.82) is 0 Å². The van der Waals surface area contributed by atoms with Crippen LogP contribution in [0.15, 0.2) is 51.9 Å². The van der Waals surface area contributed by atoms with Crippen LogP contribution < -0.4 is 14.8 Å². The molecule has 11 nitrogen and oxygen atoms in total. The Bertz CT molecular complexity index is 1250. The number of morpholine rings is 1. The Morgan fingerprint density at radius 3 is 2.53 bits per heavy atom. The van der Waals surface area contributed by atoms with E-state index in [4.69, 9.17) is 18.7 Å². The molecule has 0 unspecified atom stereocenters. The molecule has 1 aliphatic rings. The van der Waals surface area contributed by atoms with E-state index in [-0.39, 0.29) is 30.3 Å². The van der Waals surface area contributed by atoms with Gasteiger partial charge in [0.15, 0.2) is 6.61 Å². The molecule has 2 heterocycles. The van der Waals surface area contributed by atoms with Crippen molar-refractivity contribution >= 4 is 21.6 Å². The predicted octanol–water partition coefficient (Wildman–Crippen LogP) is 2.09. The fraction of sp³-hybridized carbons (Fsp3) is 0.318. The minimum Gasteiger partial charge on any atom is -0.495 e. The summed E-state index contributed by atoms with van der Waals surface area (Å²) in [5.41, 5.74) is 0.977. The van der Waals surface area contributed by atoms with Gasteiger partial charge in [-0.3, -0.25) is 4.79 Å². The number of rotatable bonds is 8. The quantitative estimate of drug-likeness (QED) is 0.506. The number of hydrogen-bond acceptors (Lipinski definition) is 9. The Morgan fingerprint density at radius 1 is 1.15 bits per heavy atom. The fourth-order valence-electron chi connectivity index (χ4n) is 3.33. The Balaban J connectivity index is 1.41. The topological polar surface area (TPSA) is 133 Å². The highest BCUT2D eigenvalue weighted by Gasteiger charge is 2.27. The van der Waals surface area contributed by atoms with Crippen molar-refractivity contribution in [2.75, 3.05) is 45.3 Å². The number of ether oxygens (including phenoxy) is 3. The molecular formula is C22H24N4O7S. The molecule has 1 aliphatic heterocycles. The van der Waals surface area contributed by atoms with Gasteiger partial charge in [-0.25, -0.2) is 8.42 Å². The van der Waals surface area contributed by atoms with Crippen molar-refractivity contribution in [3.05, 3.63) is 48.4 Å². The van der Waals surface area contributed by atoms with E-state index in [1.165, 1.54) is 29.6 Å². The van der Waals surface area contributed by atoms with E-state index in [1.807, 2.05) is 0 Å². The number of nitrogens with zero attached hydrogens (tertiary/aromatic N) is 3. The molecule has 0 spiro atoms. The lowest BCUT2D eigenvalue weighted by atomic mass is 10.2. The fourth-order valence-corrected chi connectivity index (χ4v) is 4.77. The molecule has 0 atom stereocenters. The molecule has 12 heteroatoms. The number of amides is 1. The highest BCUT2D eigenvalue weighted by molar-refractivity contribution is 7.89. The maximum Gasteiger partial charge on any atom is 0.262 e. The first-order valence-corrected chi connectivity index (χ1v) is 11.9. The monoisotopic (exact) mass is 488 g/mol. The third-order valence-electron chi connectivity index (χ3n) is 5.06. The van der Waals surface area contributed by atoms with E-state index in [2.05, 4.69) is 15.5 Å². The molecule has 0 radical (unpaired) electrons. The van der Waals surface area contributed by atoms with Gasteiger partial charge in [-0.15, -0.1) is 0 Å². The highest BCUT2D eigenvalue weighted by Crippen LogP contribution is 2.29. The van der Waals surface area contributed by atoms with Crippen LogP contribution in [0.25, 0.3) is 11.4 Å². The molecule has 1 fully saturated rings. The maximum absolute atomic E-state index is 12.9. The average Bonchev–Trinajstić information content (AvgIpc) is 3.30. The second-order valence-electron chi connectivity index (χ2n) is 7.38. The number of hydrogen-bond donors (Lipinski definition) is 1. The summed E-state index contributed by atoms with van der Waals surface area (Å²) in [5, 5.41) is 6.51. The summed E-state index contributed by atoms with van der Waals surface area (Å²) < 4.78 is 48.3. The molecule has 4 rings (SSSR count). The van der Waals surface area contributed by atoms with Gasteiger partial charge in [-0.1, -0.05) is 5.16 Å². The van der Waals surface area contributed by atoms with Gasteiger partial charge < -0.3 is 24.1 Å².